The molecule has 3 heterocycles. The Morgan fingerprint density at radius 3 is 2.39 bits per heavy atom. The Bertz CT molecular complexity index is 1130. The second-order valence-electron chi connectivity index (χ2n) is 8.09. The molecule has 0 spiro atoms. The summed E-state index contributed by atoms with van der Waals surface area (Å²) in [5, 5.41) is 12.2. The van der Waals surface area contributed by atoms with Gasteiger partial charge in [-0.05, 0) is 19.9 Å². The van der Waals surface area contributed by atoms with Crippen molar-refractivity contribution in [2.75, 3.05) is 37.5 Å². The average Bonchev–Trinajstić information content (AvgIpc) is 3.24. The van der Waals surface area contributed by atoms with Gasteiger partial charge < -0.3 is 19.7 Å². The van der Waals surface area contributed by atoms with Gasteiger partial charge in [0, 0.05) is 38.3 Å². The van der Waals surface area contributed by atoms with E-state index in [1.54, 1.807) is 34.3 Å². The minimum Gasteiger partial charge on any atom is -0.377 e. The van der Waals surface area contributed by atoms with E-state index in [1.165, 1.54) is 12.1 Å². The molecule has 1 aliphatic rings. The van der Waals surface area contributed by atoms with E-state index in [0.29, 0.717) is 35.5 Å². The lowest BCUT2D eigenvalue weighted by Crippen LogP contribution is -2.27. The number of nitrogens with one attached hydrogen (secondary N) is 1. The van der Waals surface area contributed by atoms with E-state index in [1.807, 2.05) is 6.07 Å². The topological polar surface area (TPSA) is 72.4 Å². The molecule has 1 fully saturated rings. The van der Waals surface area contributed by atoms with Crippen LogP contribution >= 0.6 is 0 Å². The number of ether oxygens (including phenoxy) is 2. The van der Waals surface area contributed by atoms with Gasteiger partial charge in [-0.3, -0.25) is 4.98 Å². The van der Waals surface area contributed by atoms with Crippen molar-refractivity contribution in [3.63, 3.8) is 0 Å². The molecule has 3 aromatic rings. The molecule has 0 bridgehead atoms. The quantitative estimate of drug-likeness (QED) is 0.558. The van der Waals surface area contributed by atoms with Crippen LogP contribution in [0.25, 0.3) is 10.9 Å². The van der Waals surface area contributed by atoms with Crippen molar-refractivity contribution in [1.82, 2.24) is 15.2 Å². The summed E-state index contributed by atoms with van der Waals surface area (Å²) in [5.74, 6) is -0.533. The molecule has 0 radical (unpaired) electrons. The Labute approximate surface area is 189 Å². The minimum atomic E-state index is -2.89. The number of aryl methyl sites for hydroxylation is 1. The zero-order valence-corrected chi connectivity index (χ0v) is 18.8. The van der Waals surface area contributed by atoms with Crippen LogP contribution in [0.4, 0.5) is 24.7 Å². The summed E-state index contributed by atoms with van der Waals surface area (Å²) in [6.45, 7) is 4.78. The number of anilines is 2. The second kappa shape index (κ2) is 9.48. The molecule has 7 nitrogen and oxygen atoms in total. The van der Waals surface area contributed by atoms with Crippen molar-refractivity contribution in [3.05, 3.63) is 53.1 Å². The van der Waals surface area contributed by atoms with Gasteiger partial charge in [0.2, 0.25) is 0 Å². The predicted octanol–water partition coefficient (Wildman–Crippen LogP) is 4.43. The lowest BCUT2D eigenvalue weighted by atomic mass is 10.0. The molecule has 176 valence electrons. The molecule has 0 aliphatic carbocycles. The molecular formula is C23H26F3N5O2. The van der Waals surface area contributed by atoms with Crippen LogP contribution in [0.1, 0.15) is 36.2 Å². The van der Waals surface area contributed by atoms with E-state index < -0.39 is 23.8 Å². The Balaban J connectivity index is 1.68. The van der Waals surface area contributed by atoms with E-state index in [9.17, 15) is 13.2 Å². The van der Waals surface area contributed by atoms with Gasteiger partial charge in [-0.15, -0.1) is 5.10 Å². The van der Waals surface area contributed by atoms with Crippen LogP contribution in [-0.2, 0) is 9.47 Å². The van der Waals surface area contributed by atoms with Crippen molar-refractivity contribution in [2.24, 2.45) is 0 Å². The highest BCUT2D eigenvalue weighted by Crippen LogP contribution is 2.32. The third-order valence-corrected chi connectivity index (χ3v) is 6.07. The van der Waals surface area contributed by atoms with Gasteiger partial charge in [-0.2, -0.15) is 5.10 Å². The molecule has 2 aromatic heterocycles. The van der Waals surface area contributed by atoms with Gasteiger partial charge in [0.1, 0.15) is 18.0 Å². The maximum atomic E-state index is 14.7. The Morgan fingerprint density at radius 2 is 1.76 bits per heavy atom. The zero-order chi connectivity index (χ0) is 23.7. The first-order valence-electron chi connectivity index (χ1n) is 10.6. The summed E-state index contributed by atoms with van der Waals surface area (Å²) in [4.78, 5) is 6.70. The highest BCUT2D eigenvalue weighted by atomic mass is 19.3. The van der Waals surface area contributed by atoms with Crippen molar-refractivity contribution < 1.29 is 22.6 Å². The molecule has 33 heavy (non-hydrogen) atoms. The van der Waals surface area contributed by atoms with Crippen LogP contribution in [0.2, 0.25) is 0 Å². The number of halogens is 3. The van der Waals surface area contributed by atoms with Crippen LogP contribution in [-0.4, -0.2) is 54.7 Å². The van der Waals surface area contributed by atoms with E-state index in [2.05, 4.69) is 25.4 Å². The van der Waals surface area contributed by atoms with Crippen LogP contribution in [0.5, 0.6) is 0 Å². The zero-order valence-electron chi connectivity index (χ0n) is 18.8. The standard InChI is InChI=1S/C23H26F3N5O2/c1-12(15-6-5-7-16(20(15)24)22(25)26)28-23-17-8-14(9-27-21(17)13(2)29-30-23)31-10-18(32-3)19(11-31)33-4/h5-9,12,18-19,22H,10-11H2,1-4H3,(H,28,30)/t12-,18-,19+/m1/s1. The fourth-order valence-electron chi connectivity index (χ4n) is 4.19. The summed E-state index contributed by atoms with van der Waals surface area (Å²) in [7, 11) is 3.31. The summed E-state index contributed by atoms with van der Waals surface area (Å²) in [6, 6.07) is 5.30. The van der Waals surface area contributed by atoms with Gasteiger partial charge >= 0.3 is 0 Å². The molecule has 0 saturated carbocycles. The Morgan fingerprint density at radius 1 is 1.09 bits per heavy atom. The first-order valence-corrected chi connectivity index (χ1v) is 10.6. The molecule has 1 N–H and O–H groups in total. The molecule has 1 aromatic carbocycles. The number of nitrogens with zero attached hydrogens (tertiary/aromatic N) is 4. The SMILES string of the molecule is CO[C@H]1CN(c2cnc3c(C)nnc(N[C@H](C)c4cccc(C(F)F)c4F)c3c2)C[C@H]1OC. The van der Waals surface area contributed by atoms with E-state index in [4.69, 9.17) is 9.47 Å². The van der Waals surface area contributed by atoms with Crippen molar-refractivity contribution in [2.45, 2.75) is 38.5 Å². The Kier molecular flexibility index (Phi) is 6.66. The molecule has 1 saturated heterocycles. The van der Waals surface area contributed by atoms with Gasteiger partial charge in [0.25, 0.3) is 6.43 Å². The first-order chi connectivity index (χ1) is 15.8. The molecule has 3 atom stereocenters. The molecule has 10 heteroatoms. The maximum absolute atomic E-state index is 14.7. The smallest absolute Gasteiger partial charge is 0.266 e. The fourth-order valence-corrected chi connectivity index (χ4v) is 4.19. The summed E-state index contributed by atoms with van der Waals surface area (Å²) >= 11 is 0. The lowest BCUT2D eigenvalue weighted by molar-refractivity contribution is -0.00461. The summed E-state index contributed by atoms with van der Waals surface area (Å²) in [5.41, 5.74) is 1.65. The maximum Gasteiger partial charge on any atom is 0.266 e. The largest absolute Gasteiger partial charge is 0.377 e. The van der Waals surface area contributed by atoms with Gasteiger partial charge in [-0.1, -0.05) is 18.2 Å². The van der Waals surface area contributed by atoms with E-state index >= 15 is 0 Å². The van der Waals surface area contributed by atoms with Crippen LogP contribution in [0.15, 0.2) is 30.5 Å². The molecule has 4 rings (SSSR count). The number of hydrogen-bond donors (Lipinski definition) is 1. The number of aromatic nitrogens is 3. The van der Waals surface area contributed by atoms with E-state index in [0.717, 1.165) is 11.8 Å². The summed E-state index contributed by atoms with van der Waals surface area (Å²) < 4.78 is 52.0. The molecular weight excluding hydrogens is 435 g/mol. The molecule has 0 unspecified atom stereocenters. The van der Waals surface area contributed by atoms with Crippen molar-refractivity contribution in [1.29, 1.82) is 0 Å². The highest BCUT2D eigenvalue weighted by Gasteiger charge is 2.33. The fraction of sp³-hybridized carbons (Fsp3) is 0.435. The van der Waals surface area contributed by atoms with Gasteiger partial charge in [0.15, 0.2) is 5.82 Å². The van der Waals surface area contributed by atoms with Gasteiger partial charge in [0.05, 0.1) is 34.7 Å². The normalized spacial score (nSPS) is 19.5. The predicted molar refractivity (Wildman–Crippen MR) is 119 cm³/mol. The summed E-state index contributed by atoms with van der Waals surface area (Å²) in [6.07, 6.45) is -1.26. The number of fused-ring (bicyclic) bond motifs is 1. The average molecular weight is 461 g/mol. The number of alkyl halides is 2. The number of pyridine rings is 1. The minimum absolute atomic E-state index is 0.0642. The number of rotatable bonds is 7. The van der Waals surface area contributed by atoms with Crippen LogP contribution in [0, 0.1) is 12.7 Å². The van der Waals surface area contributed by atoms with Crippen molar-refractivity contribution in [3.8, 4) is 0 Å². The van der Waals surface area contributed by atoms with Crippen LogP contribution in [0.3, 0.4) is 0 Å². The number of benzene rings is 1. The number of hydrogen-bond acceptors (Lipinski definition) is 7. The third-order valence-electron chi connectivity index (χ3n) is 6.07. The van der Waals surface area contributed by atoms with Gasteiger partial charge in [-0.25, -0.2) is 13.2 Å². The molecule has 1 aliphatic heterocycles. The first kappa shape index (κ1) is 23.2. The molecule has 0 amide bonds. The Hall–Kier alpha value is -2.98. The third kappa shape index (κ3) is 4.45. The van der Waals surface area contributed by atoms with Crippen LogP contribution < -0.4 is 10.2 Å². The lowest BCUT2D eigenvalue weighted by Gasteiger charge is -2.20. The monoisotopic (exact) mass is 461 g/mol. The van der Waals surface area contributed by atoms with Crippen molar-refractivity contribution >= 4 is 22.4 Å². The van der Waals surface area contributed by atoms with E-state index in [-0.39, 0.29) is 17.8 Å². The number of methoxy groups -OCH3 is 2. The highest BCUT2D eigenvalue weighted by molar-refractivity contribution is 5.92. The second-order valence-corrected chi connectivity index (χ2v) is 8.09.